The highest BCUT2D eigenvalue weighted by Crippen LogP contribution is 2.60. The van der Waals surface area contributed by atoms with Gasteiger partial charge in [0, 0.05) is 6.54 Å². The summed E-state index contributed by atoms with van der Waals surface area (Å²) in [4.78, 5) is 0. The van der Waals surface area contributed by atoms with E-state index < -0.39 is 12.5 Å². The number of hydrogen-bond acceptors (Lipinski definition) is 1. The Morgan fingerprint density at radius 2 is 2.00 bits per heavy atom. The molecule has 13 heavy (non-hydrogen) atoms. The van der Waals surface area contributed by atoms with Crippen molar-refractivity contribution in [1.82, 2.24) is 5.32 Å². The number of halogens is 2. The standard InChI is InChI=1S/C10H17F2N/c1-7(9(11)12)13-6-10(4-5-10)8-2-3-8/h7-9,13H,2-6H2,1H3. The topological polar surface area (TPSA) is 12.0 Å². The molecule has 2 saturated carbocycles. The average Bonchev–Trinajstić information content (AvgIpc) is 2.90. The summed E-state index contributed by atoms with van der Waals surface area (Å²) < 4.78 is 24.4. The van der Waals surface area contributed by atoms with Crippen LogP contribution >= 0.6 is 0 Å². The smallest absolute Gasteiger partial charge is 0.253 e. The summed E-state index contributed by atoms with van der Waals surface area (Å²) >= 11 is 0. The molecule has 0 amide bonds. The molecule has 2 aliphatic carbocycles. The maximum Gasteiger partial charge on any atom is 0.253 e. The van der Waals surface area contributed by atoms with Crippen LogP contribution in [0.15, 0.2) is 0 Å². The lowest BCUT2D eigenvalue weighted by molar-refractivity contribution is 0.102. The molecule has 2 aliphatic rings. The zero-order valence-corrected chi connectivity index (χ0v) is 8.02. The van der Waals surface area contributed by atoms with Gasteiger partial charge in [-0.15, -0.1) is 0 Å². The molecule has 0 spiro atoms. The highest BCUT2D eigenvalue weighted by Gasteiger charge is 2.53. The van der Waals surface area contributed by atoms with Crippen LogP contribution in [0.2, 0.25) is 0 Å². The first-order valence-corrected chi connectivity index (χ1v) is 5.16. The van der Waals surface area contributed by atoms with Crippen LogP contribution in [0.25, 0.3) is 0 Å². The second-order valence-electron chi connectivity index (χ2n) is 4.64. The van der Waals surface area contributed by atoms with Crippen LogP contribution < -0.4 is 5.32 Å². The van der Waals surface area contributed by atoms with Crippen molar-refractivity contribution in [2.24, 2.45) is 11.3 Å². The number of nitrogens with one attached hydrogen (secondary N) is 1. The van der Waals surface area contributed by atoms with Crippen molar-refractivity contribution in [2.45, 2.75) is 45.1 Å². The van der Waals surface area contributed by atoms with Crippen LogP contribution in [0, 0.1) is 11.3 Å². The molecule has 3 heteroatoms. The zero-order chi connectivity index (χ0) is 9.47. The molecule has 1 unspecified atom stereocenters. The van der Waals surface area contributed by atoms with Crippen molar-refractivity contribution in [3.05, 3.63) is 0 Å². The molecule has 0 aliphatic heterocycles. The van der Waals surface area contributed by atoms with Gasteiger partial charge in [0.1, 0.15) is 0 Å². The molecule has 1 atom stereocenters. The highest BCUT2D eigenvalue weighted by molar-refractivity contribution is 5.05. The normalized spacial score (nSPS) is 27.7. The Morgan fingerprint density at radius 3 is 2.38 bits per heavy atom. The van der Waals surface area contributed by atoms with Crippen LogP contribution in [0.4, 0.5) is 8.78 Å². The number of alkyl halides is 2. The van der Waals surface area contributed by atoms with E-state index in [2.05, 4.69) is 5.32 Å². The van der Waals surface area contributed by atoms with E-state index in [0.717, 1.165) is 12.5 Å². The zero-order valence-electron chi connectivity index (χ0n) is 8.02. The van der Waals surface area contributed by atoms with Gasteiger partial charge in [0.15, 0.2) is 0 Å². The van der Waals surface area contributed by atoms with E-state index in [1.807, 2.05) is 0 Å². The van der Waals surface area contributed by atoms with E-state index >= 15 is 0 Å². The van der Waals surface area contributed by atoms with Gasteiger partial charge in [-0.3, -0.25) is 0 Å². The molecule has 2 rings (SSSR count). The lowest BCUT2D eigenvalue weighted by atomic mass is 10.0. The Kier molecular flexibility index (Phi) is 2.30. The van der Waals surface area contributed by atoms with Crippen LogP contribution in [-0.2, 0) is 0 Å². The Bertz CT molecular complexity index is 185. The maximum absolute atomic E-state index is 12.2. The van der Waals surface area contributed by atoms with Crippen LogP contribution in [0.3, 0.4) is 0 Å². The second-order valence-corrected chi connectivity index (χ2v) is 4.64. The fourth-order valence-electron chi connectivity index (χ4n) is 2.04. The molecule has 0 saturated heterocycles. The van der Waals surface area contributed by atoms with Crippen molar-refractivity contribution < 1.29 is 8.78 Å². The second kappa shape index (κ2) is 3.19. The van der Waals surface area contributed by atoms with Crippen LogP contribution in [-0.4, -0.2) is 19.0 Å². The first-order chi connectivity index (χ1) is 6.14. The number of rotatable bonds is 5. The van der Waals surface area contributed by atoms with Gasteiger partial charge in [0.05, 0.1) is 6.04 Å². The number of hydrogen-bond donors (Lipinski definition) is 1. The van der Waals surface area contributed by atoms with Gasteiger partial charge in [-0.05, 0) is 43.9 Å². The summed E-state index contributed by atoms with van der Waals surface area (Å²) in [6.07, 6.45) is 2.92. The van der Waals surface area contributed by atoms with Gasteiger partial charge in [-0.2, -0.15) is 0 Å². The van der Waals surface area contributed by atoms with E-state index in [9.17, 15) is 8.78 Å². The van der Waals surface area contributed by atoms with E-state index in [-0.39, 0.29) is 0 Å². The molecule has 0 heterocycles. The highest BCUT2D eigenvalue weighted by atomic mass is 19.3. The molecule has 0 bridgehead atoms. The molecule has 1 N–H and O–H groups in total. The van der Waals surface area contributed by atoms with Gasteiger partial charge in [0.25, 0.3) is 6.43 Å². The van der Waals surface area contributed by atoms with Gasteiger partial charge in [-0.1, -0.05) is 0 Å². The third-order valence-electron chi connectivity index (χ3n) is 3.49. The predicted octanol–water partition coefficient (Wildman–Crippen LogP) is 2.42. The van der Waals surface area contributed by atoms with Gasteiger partial charge < -0.3 is 5.32 Å². The van der Waals surface area contributed by atoms with E-state index in [1.54, 1.807) is 6.92 Å². The van der Waals surface area contributed by atoms with Crippen LogP contribution in [0.1, 0.15) is 32.6 Å². The molecule has 76 valence electrons. The molecule has 0 aromatic heterocycles. The van der Waals surface area contributed by atoms with Crippen molar-refractivity contribution in [3.63, 3.8) is 0 Å². The third-order valence-corrected chi connectivity index (χ3v) is 3.49. The van der Waals surface area contributed by atoms with E-state index in [1.165, 1.54) is 25.7 Å². The molecule has 2 fully saturated rings. The summed E-state index contributed by atoms with van der Waals surface area (Å²) in [7, 11) is 0. The Balaban J connectivity index is 1.72. The first kappa shape index (κ1) is 9.38. The minimum Gasteiger partial charge on any atom is -0.309 e. The average molecular weight is 189 g/mol. The quantitative estimate of drug-likeness (QED) is 0.700. The van der Waals surface area contributed by atoms with Gasteiger partial charge in [-0.25, -0.2) is 8.78 Å². The predicted molar refractivity (Wildman–Crippen MR) is 47.9 cm³/mol. The Morgan fingerprint density at radius 1 is 1.38 bits per heavy atom. The van der Waals surface area contributed by atoms with E-state index in [0.29, 0.717) is 5.41 Å². The minimum absolute atomic E-state index is 0.434. The summed E-state index contributed by atoms with van der Waals surface area (Å²) in [5.41, 5.74) is 0.434. The van der Waals surface area contributed by atoms with Gasteiger partial charge in [0.2, 0.25) is 0 Å². The minimum atomic E-state index is -2.23. The third kappa shape index (κ3) is 2.01. The van der Waals surface area contributed by atoms with Gasteiger partial charge >= 0.3 is 0 Å². The van der Waals surface area contributed by atoms with Crippen molar-refractivity contribution in [2.75, 3.05) is 6.54 Å². The summed E-state index contributed by atoms with van der Waals surface area (Å²) in [6.45, 7) is 2.37. The molecule has 1 nitrogen and oxygen atoms in total. The first-order valence-electron chi connectivity index (χ1n) is 5.16. The summed E-state index contributed by atoms with van der Waals surface area (Å²) in [5.74, 6) is 0.852. The monoisotopic (exact) mass is 189 g/mol. The van der Waals surface area contributed by atoms with Crippen LogP contribution in [0.5, 0.6) is 0 Å². The summed E-state index contributed by atoms with van der Waals surface area (Å²) in [5, 5.41) is 2.96. The lowest BCUT2D eigenvalue weighted by Gasteiger charge is -2.19. The molecular weight excluding hydrogens is 172 g/mol. The van der Waals surface area contributed by atoms with Crippen molar-refractivity contribution in [3.8, 4) is 0 Å². The Labute approximate surface area is 77.9 Å². The van der Waals surface area contributed by atoms with Crippen molar-refractivity contribution in [1.29, 1.82) is 0 Å². The van der Waals surface area contributed by atoms with E-state index in [4.69, 9.17) is 0 Å². The molecule has 0 radical (unpaired) electrons. The molecule has 0 aromatic rings. The fourth-order valence-corrected chi connectivity index (χ4v) is 2.04. The SMILES string of the molecule is CC(NCC1(C2CC2)CC1)C(F)F. The van der Waals surface area contributed by atoms with Crippen molar-refractivity contribution >= 4 is 0 Å². The molecule has 0 aromatic carbocycles. The Hall–Kier alpha value is -0.180. The lowest BCUT2D eigenvalue weighted by Crippen LogP contribution is -2.37. The maximum atomic E-state index is 12.2. The largest absolute Gasteiger partial charge is 0.309 e. The fraction of sp³-hybridized carbons (Fsp3) is 1.00. The summed E-state index contributed by atoms with van der Waals surface area (Å²) in [6, 6.07) is -0.642. The molecular formula is C10H17F2N.